The fraction of sp³-hybridized carbons (Fsp3) is 0.129. The number of thioether (sulfide) groups is 1. The first kappa shape index (κ1) is 26.1. The first-order valence-corrected chi connectivity index (χ1v) is 13.6. The molecule has 39 heavy (non-hydrogen) atoms. The van der Waals surface area contributed by atoms with Crippen molar-refractivity contribution in [2.75, 3.05) is 5.32 Å². The SMILES string of the molecule is O=C(N[C@@H](Cc1ccccc1)C(=O)Nc1ccccc1CSc1nc2ccccc2[nH]1)OCc1ccccc1. The summed E-state index contributed by atoms with van der Waals surface area (Å²) in [6.07, 6.45) is -0.327. The Kier molecular flexibility index (Phi) is 8.55. The van der Waals surface area contributed by atoms with Crippen LogP contribution in [0.5, 0.6) is 0 Å². The number of H-pyrrole nitrogens is 1. The molecular weight excluding hydrogens is 508 g/mol. The lowest BCUT2D eigenvalue weighted by molar-refractivity contribution is -0.118. The summed E-state index contributed by atoms with van der Waals surface area (Å²) < 4.78 is 5.39. The molecule has 5 rings (SSSR count). The van der Waals surface area contributed by atoms with E-state index in [2.05, 4.69) is 20.6 Å². The molecule has 0 radical (unpaired) electrons. The van der Waals surface area contributed by atoms with Crippen LogP contribution in [0.15, 0.2) is 114 Å². The number of para-hydroxylation sites is 3. The lowest BCUT2D eigenvalue weighted by Crippen LogP contribution is -2.45. The number of imidazole rings is 1. The van der Waals surface area contributed by atoms with Gasteiger partial charge in [-0.25, -0.2) is 9.78 Å². The van der Waals surface area contributed by atoms with Crippen LogP contribution in [0.3, 0.4) is 0 Å². The molecule has 5 aromatic rings. The fourth-order valence-electron chi connectivity index (χ4n) is 4.10. The molecule has 0 spiro atoms. The van der Waals surface area contributed by atoms with E-state index in [1.807, 2.05) is 109 Å². The summed E-state index contributed by atoms with van der Waals surface area (Å²) >= 11 is 1.56. The summed E-state index contributed by atoms with van der Waals surface area (Å²) in [6.45, 7) is 0.119. The minimum absolute atomic E-state index is 0.119. The Morgan fingerprint density at radius 1 is 0.821 bits per heavy atom. The van der Waals surface area contributed by atoms with Crippen LogP contribution in [0, 0.1) is 0 Å². The van der Waals surface area contributed by atoms with E-state index in [9.17, 15) is 9.59 Å². The summed E-state index contributed by atoms with van der Waals surface area (Å²) in [7, 11) is 0. The standard InChI is InChI=1S/C31H28N4O3S/c36-29(28(19-22-11-3-1-4-12-22)35-31(37)38-20-23-13-5-2-6-14-23)32-25-16-8-7-15-24(25)21-39-30-33-26-17-9-10-18-27(26)34-30/h1-18,28H,19-21H2,(H,32,36)(H,33,34)(H,35,37)/t28-/m0/s1. The van der Waals surface area contributed by atoms with Gasteiger partial charge >= 0.3 is 6.09 Å². The third kappa shape index (κ3) is 7.27. The molecule has 0 aliphatic rings. The second-order valence-corrected chi connectivity index (χ2v) is 9.91. The summed E-state index contributed by atoms with van der Waals surface area (Å²) in [5, 5.41) is 6.58. The van der Waals surface area contributed by atoms with Crippen molar-refractivity contribution < 1.29 is 14.3 Å². The minimum atomic E-state index is -0.827. The summed E-state index contributed by atoms with van der Waals surface area (Å²) in [4.78, 5) is 34.1. The predicted octanol–water partition coefficient (Wildman–Crippen LogP) is 6.33. The molecule has 3 N–H and O–H groups in total. The zero-order chi connectivity index (χ0) is 26.9. The number of hydrogen-bond acceptors (Lipinski definition) is 5. The van der Waals surface area contributed by atoms with Crippen molar-refractivity contribution in [1.29, 1.82) is 0 Å². The molecule has 2 amide bonds. The van der Waals surface area contributed by atoms with Crippen molar-refractivity contribution in [3.8, 4) is 0 Å². The van der Waals surface area contributed by atoms with E-state index in [-0.39, 0.29) is 12.5 Å². The molecule has 1 atom stereocenters. The lowest BCUT2D eigenvalue weighted by atomic mass is 10.0. The average molecular weight is 537 g/mol. The quantitative estimate of drug-likeness (QED) is 0.181. The monoisotopic (exact) mass is 536 g/mol. The van der Waals surface area contributed by atoms with E-state index in [1.165, 1.54) is 0 Å². The van der Waals surface area contributed by atoms with Gasteiger partial charge in [0.25, 0.3) is 0 Å². The molecule has 8 heteroatoms. The maximum atomic E-state index is 13.5. The Morgan fingerprint density at radius 2 is 1.49 bits per heavy atom. The van der Waals surface area contributed by atoms with Gasteiger partial charge in [0.15, 0.2) is 5.16 Å². The molecule has 7 nitrogen and oxygen atoms in total. The number of anilines is 1. The van der Waals surface area contributed by atoms with Crippen LogP contribution in [0.1, 0.15) is 16.7 Å². The molecule has 0 saturated carbocycles. The second-order valence-electron chi connectivity index (χ2n) is 8.94. The molecule has 0 bridgehead atoms. The highest BCUT2D eigenvalue weighted by atomic mass is 32.2. The van der Waals surface area contributed by atoms with E-state index in [0.29, 0.717) is 17.9 Å². The smallest absolute Gasteiger partial charge is 0.408 e. The fourth-order valence-corrected chi connectivity index (χ4v) is 4.99. The molecule has 0 saturated heterocycles. The average Bonchev–Trinajstić information content (AvgIpc) is 3.39. The molecule has 1 aromatic heterocycles. The first-order chi connectivity index (χ1) is 19.1. The van der Waals surface area contributed by atoms with Crippen LogP contribution in [-0.2, 0) is 28.3 Å². The van der Waals surface area contributed by atoms with Gasteiger partial charge in [-0.05, 0) is 34.9 Å². The number of benzene rings is 4. The molecule has 4 aromatic carbocycles. The number of nitrogens with zero attached hydrogens (tertiary/aromatic N) is 1. The number of ether oxygens (including phenoxy) is 1. The molecule has 0 aliphatic carbocycles. The highest BCUT2D eigenvalue weighted by molar-refractivity contribution is 7.98. The van der Waals surface area contributed by atoms with E-state index >= 15 is 0 Å². The van der Waals surface area contributed by atoms with E-state index in [0.717, 1.165) is 32.9 Å². The van der Waals surface area contributed by atoms with Gasteiger partial charge < -0.3 is 20.4 Å². The van der Waals surface area contributed by atoms with Gasteiger partial charge in [0, 0.05) is 17.9 Å². The summed E-state index contributed by atoms with van der Waals surface area (Å²) in [5.41, 5.74) is 5.32. The largest absolute Gasteiger partial charge is 0.445 e. The van der Waals surface area contributed by atoms with Crippen LogP contribution in [0.4, 0.5) is 10.5 Å². The van der Waals surface area contributed by atoms with E-state index in [4.69, 9.17) is 4.74 Å². The highest BCUT2D eigenvalue weighted by Gasteiger charge is 2.23. The number of amides is 2. The Morgan fingerprint density at radius 3 is 2.26 bits per heavy atom. The van der Waals surface area contributed by atoms with Gasteiger partial charge in [0.1, 0.15) is 12.6 Å². The first-order valence-electron chi connectivity index (χ1n) is 12.6. The van der Waals surface area contributed by atoms with E-state index in [1.54, 1.807) is 11.8 Å². The number of aromatic nitrogens is 2. The Balaban J connectivity index is 1.26. The van der Waals surface area contributed by atoms with Crippen LogP contribution >= 0.6 is 11.8 Å². The molecule has 1 heterocycles. The highest BCUT2D eigenvalue weighted by Crippen LogP contribution is 2.27. The molecule has 0 fully saturated rings. The van der Waals surface area contributed by atoms with Crippen molar-refractivity contribution in [3.05, 3.63) is 126 Å². The Labute approximate surface area is 231 Å². The maximum Gasteiger partial charge on any atom is 0.408 e. The zero-order valence-corrected chi connectivity index (χ0v) is 22.0. The van der Waals surface area contributed by atoms with Crippen LogP contribution < -0.4 is 10.6 Å². The van der Waals surface area contributed by atoms with Crippen LogP contribution in [0.2, 0.25) is 0 Å². The predicted molar refractivity (Wildman–Crippen MR) is 154 cm³/mol. The van der Waals surface area contributed by atoms with Crippen LogP contribution in [-0.4, -0.2) is 28.0 Å². The van der Waals surface area contributed by atoms with Crippen molar-refractivity contribution in [3.63, 3.8) is 0 Å². The van der Waals surface area contributed by atoms with Crippen molar-refractivity contribution in [2.24, 2.45) is 0 Å². The van der Waals surface area contributed by atoms with E-state index < -0.39 is 12.1 Å². The summed E-state index contributed by atoms with van der Waals surface area (Å²) in [5.74, 6) is 0.281. The number of carbonyl (C=O) groups is 2. The van der Waals surface area contributed by atoms with Gasteiger partial charge in [0.2, 0.25) is 5.91 Å². The number of rotatable bonds is 10. The van der Waals surface area contributed by atoms with Crippen LogP contribution in [0.25, 0.3) is 11.0 Å². The van der Waals surface area contributed by atoms with Crippen molar-refractivity contribution >= 4 is 40.5 Å². The number of fused-ring (bicyclic) bond motifs is 1. The third-order valence-electron chi connectivity index (χ3n) is 6.11. The van der Waals surface area contributed by atoms with Gasteiger partial charge in [-0.3, -0.25) is 4.79 Å². The molecular formula is C31H28N4O3S. The van der Waals surface area contributed by atoms with Gasteiger partial charge in [0.05, 0.1) is 11.0 Å². The third-order valence-corrected chi connectivity index (χ3v) is 7.03. The lowest BCUT2D eigenvalue weighted by Gasteiger charge is -2.20. The normalized spacial score (nSPS) is 11.6. The molecule has 0 aliphatic heterocycles. The molecule has 0 unspecified atom stereocenters. The number of nitrogens with one attached hydrogen (secondary N) is 3. The molecule has 196 valence electrons. The minimum Gasteiger partial charge on any atom is -0.445 e. The Bertz CT molecular complexity index is 1510. The van der Waals surface area contributed by atoms with Gasteiger partial charge in [-0.2, -0.15) is 0 Å². The van der Waals surface area contributed by atoms with Crippen molar-refractivity contribution in [2.45, 2.75) is 30.0 Å². The second kappa shape index (κ2) is 12.8. The topological polar surface area (TPSA) is 96.1 Å². The van der Waals surface area contributed by atoms with Crippen molar-refractivity contribution in [1.82, 2.24) is 15.3 Å². The maximum absolute atomic E-state index is 13.5. The van der Waals surface area contributed by atoms with Gasteiger partial charge in [-0.1, -0.05) is 103 Å². The number of aromatic amines is 1. The summed E-state index contributed by atoms with van der Waals surface area (Å²) in [6, 6.07) is 33.7. The Hall–Kier alpha value is -4.56. The van der Waals surface area contributed by atoms with Gasteiger partial charge in [-0.15, -0.1) is 0 Å². The number of alkyl carbamates (subject to hydrolysis) is 1. The number of hydrogen-bond donors (Lipinski definition) is 3. The number of carbonyl (C=O) groups excluding carboxylic acids is 2. The zero-order valence-electron chi connectivity index (χ0n) is 21.2.